The van der Waals surface area contributed by atoms with Crippen LogP contribution < -0.4 is 15.1 Å². The van der Waals surface area contributed by atoms with Gasteiger partial charge in [0.05, 0.1) is 5.60 Å². The summed E-state index contributed by atoms with van der Waals surface area (Å²) in [4.78, 5) is 26.8. The molecule has 4 bridgehead atoms. The van der Waals surface area contributed by atoms with Crippen LogP contribution in [-0.4, -0.2) is 58.3 Å². The highest BCUT2D eigenvalue weighted by Crippen LogP contribution is 2.55. The van der Waals surface area contributed by atoms with Crippen LogP contribution >= 0.6 is 0 Å². The number of carbonyl (C=O) groups excluding carboxylic acids is 1. The summed E-state index contributed by atoms with van der Waals surface area (Å²) in [5.74, 6) is 2.21. The van der Waals surface area contributed by atoms with E-state index < -0.39 is 5.60 Å². The number of hydrogen-bond donors (Lipinski definition) is 2. The van der Waals surface area contributed by atoms with Gasteiger partial charge in [-0.15, -0.1) is 0 Å². The Morgan fingerprint density at radius 3 is 2.55 bits per heavy atom. The largest absolute Gasteiger partial charge is 0.390 e. The van der Waals surface area contributed by atoms with Gasteiger partial charge in [-0.1, -0.05) is 6.07 Å². The minimum Gasteiger partial charge on any atom is -0.390 e. The Kier molecular flexibility index (Phi) is 5.05. The maximum atomic E-state index is 13.2. The number of rotatable bonds is 4. The molecule has 174 valence electrons. The van der Waals surface area contributed by atoms with E-state index in [0.29, 0.717) is 23.4 Å². The highest BCUT2D eigenvalue weighted by atomic mass is 16.3. The number of nitrogens with one attached hydrogen (secondary N) is 1. The first-order valence-corrected chi connectivity index (χ1v) is 12.4. The number of carbonyl (C=O) groups is 1. The lowest BCUT2D eigenvalue weighted by Crippen LogP contribution is -2.61. The van der Waals surface area contributed by atoms with Crippen molar-refractivity contribution in [2.75, 3.05) is 29.4 Å². The van der Waals surface area contributed by atoms with Crippen LogP contribution in [0, 0.1) is 17.8 Å². The molecule has 2 unspecified atom stereocenters. The molecule has 4 saturated carbocycles. The molecule has 2 aromatic heterocycles. The molecule has 2 aromatic rings. The van der Waals surface area contributed by atoms with Gasteiger partial charge in [0.15, 0.2) is 0 Å². The van der Waals surface area contributed by atoms with Crippen molar-refractivity contribution in [2.45, 2.75) is 56.7 Å². The summed E-state index contributed by atoms with van der Waals surface area (Å²) < 4.78 is 0. The van der Waals surface area contributed by atoms with E-state index in [1.807, 2.05) is 42.7 Å². The van der Waals surface area contributed by atoms with Gasteiger partial charge in [-0.2, -0.15) is 0 Å². The van der Waals surface area contributed by atoms with Crippen LogP contribution in [-0.2, 0) is 0 Å². The van der Waals surface area contributed by atoms with Crippen LogP contribution in [0.15, 0.2) is 42.7 Å². The van der Waals surface area contributed by atoms with E-state index in [1.165, 1.54) is 5.69 Å². The summed E-state index contributed by atoms with van der Waals surface area (Å²) in [7, 11) is 0. The molecule has 3 atom stereocenters. The predicted octanol–water partition coefficient (Wildman–Crippen LogP) is 2.86. The molecule has 5 fully saturated rings. The molecular formula is C26H33N5O2. The zero-order valence-corrected chi connectivity index (χ0v) is 19.2. The number of hydrogen-bond acceptors (Lipinski definition) is 6. The summed E-state index contributed by atoms with van der Waals surface area (Å²) >= 11 is 0. The summed E-state index contributed by atoms with van der Waals surface area (Å²) in [5, 5.41) is 14.2. The molecule has 0 radical (unpaired) electrons. The Hall–Kier alpha value is -2.67. The Morgan fingerprint density at radius 2 is 1.85 bits per heavy atom. The van der Waals surface area contributed by atoms with Crippen molar-refractivity contribution in [1.82, 2.24) is 15.3 Å². The zero-order chi connectivity index (χ0) is 22.6. The number of aliphatic hydroxyl groups is 1. The molecule has 0 aromatic carbocycles. The maximum Gasteiger partial charge on any atom is 0.270 e. The average molecular weight is 448 g/mol. The number of pyridine rings is 2. The first-order valence-electron chi connectivity index (χ1n) is 12.4. The fraction of sp³-hybridized carbons (Fsp3) is 0.577. The average Bonchev–Trinajstić information content (AvgIpc) is 2.81. The fourth-order valence-electron chi connectivity index (χ4n) is 7.24. The van der Waals surface area contributed by atoms with Crippen molar-refractivity contribution < 1.29 is 9.90 Å². The Balaban J connectivity index is 1.14. The third-order valence-electron chi connectivity index (χ3n) is 8.46. The SMILES string of the molecule is C[C@@H]1CN(c2ccncc2)CCN1c1cccc(C(=O)N[C@H]2C3CC4CC2C[C@](O)(C4)C3)n1. The molecule has 4 aliphatic carbocycles. The van der Waals surface area contributed by atoms with E-state index in [2.05, 4.69) is 27.0 Å². The minimum atomic E-state index is -0.482. The quantitative estimate of drug-likeness (QED) is 0.750. The topological polar surface area (TPSA) is 81.6 Å². The van der Waals surface area contributed by atoms with Crippen LogP contribution in [0.4, 0.5) is 11.5 Å². The summed E-state index contributed by atoms with van der Waals surface area (Å²) in [6.45, 7) is 4.87. The van der Waals surface area contributed by atoms with E-state index in [9.17, 15) is 9.90 Å². The number of aromatic nitrogens is 2. The first-order chi connectivity index (χ1) is 16.0. The molecule has 2 N–H and O–H groups in total. The van der Waals surface area contributed by atoms with Crippen molar-refractivity contribution in [2.24, 2.45) is 17.8 Å². The zero-order valence-electron chi connectivity index (χ0n) is 19.2. The highest BCUT2D eigenvalue weighted by Gasteiger charge is 2.55. The van der Waals surface area contributed by atoms with Gasteiger partial charge in [0.2, 0.25) is 0 Å². The van der Waals surface area contributed by atoms with Gasteiger partial charge in [-0.3, -0.25) is 9.78 Å². The Morgan fingerprint density at radius 1 is 1.09 bits per heavy atom. The fourth-order valence-corrected chi connectivity index (χ4v) is 7.24. The number of piperazine rings is 1. The Bertz CT molecular complexity index is 1010. The second kappa shape index (κ2) is 7.97. The normalized spacial score (nSPS) is 35.0. The molecule has 5 aliphatic rings. The van der Waals surface area contributed by atoms with Gasteiger partial charge in [0.1, 0.15) is 11.5 Å². The van der Waals surface area contributed by atoms with Gasteiger partial charge < -0.3 is 20.2 Å². The maximum absolute atomic E-state index is 13.2. The smallest absolute Gasteiger partial charge is 0.270 e. The van der Waals surface area contributed by atoms with E-state index >= 15 is 0 Å². The third kappa shape index (κ3) is 3.86. The predicted molar refractivity (Wildman–Crippen MR) is 127 cm³/mol. The van der Waals surface area contributed by atoms with Crippen LogP contribution in [0.25, 0.3) is 0 Å². The molecular weight excluding hydrogens is 414 g/mol. The molecule has 7 heteroatoms. The number of amides is 1. The first kappa shape index (κ1) is 20.9. The van der Waals surface area contributed by atoms with E-state index in [1.54, 1.807) is 0 Å². The standard InChI is InChI=1S/C26H33N5O2/c1-17-16-30(21-5-7-27-8-6-21)9-10-31(17)23-4-2-3-22(28-23)25(32)29-24-19-11-18-12-20(24)15-26(33,13-18)14-19/h2-8,17-20,24,33H,9-16H2,1H3,(H,29,32)/t17-,18?,19?,20?,24-,26-/m1/s1. The van der Waals surface area contributed by atoms with Gasteiger partial charge in [0.25, 0.3) is 5.91 Å². The van der Waals surface area contributed by atoms with Crippen LogP contribution in [0.1, 0.15) is 49.5 Å². The van der Waals surface area contributed by atoms with Crippen molar-refractivity contribution in [3.8, 4) is 0 Å². The minimum absolute atomic E-state index is 0.0793. The van der Waals surface area contributed by atoms with Gasteiger partial charge in [-0.25, -0.2) is 4.98 Å². The second-order valence-corrected chi connectivity index (χ2v) is 10.8. The molecule has 1 amide bonds. The van der Waals surface area contributed by atoms with Gasteiger partial charge in [-0.05, 0) is 81.0 Å². The Labute approximate surface area is 195 Å². The van der Waals surface area contributed by atoms with E-state index in [0.717, 1.165) is 57.6 Å². The molecule has 1 saturated heterocycles. The number of anilines is 2. The lowest BCUT2D eigenvalue weighted by molar-refractivity contribution is -0.136. The number of nitrogens with zero attached hydrogens (tertiary/aromatic N) is 4. The monoisotopic (exact) mass is 447 g/mol. The lowest BCUT2D eigenvalue weighted by atomic mass is 9.52. The molecule has 7 nitrogen and oxygen atoms in total. The van der Waals surface area contributed by atoms with E-state index in [4.69, 9.17) is 4.98 Å². The van der Waals surface area contributed by atoms with Crippen molar-refractivity contribution in [3.05, 3.63) is 48.4 Å². The summed E-state index contributed by atoms with van der Waals surface area (Å²) in [6.07, 6.45) is 8.55. The molecule has 7 rings (SSSR count). The summed E-state index contributed by atoms with van der Waals surface area (Å²) in [6, 6.07) is 10.3. The molecule has 0 spiro atoms. The third-order valence-corrected chi connectivity index (χ3v) is 8.46. The highest BCUT2D eigenvalue weighted by molar-refractivity contribution is 5.93. The van der Waals surface area contributed by atoms with Gasteiger partial charge in [0, 0.05) is 49.8 Å². The molecule has 33 heavy (non-hydrogen) atoms. The molecule has 1 aliphatic heterocycles. The second-order valence-electron chi connectivity index (χ2n) is 10.8. The van der Waals surface area contributed by atoms with Crippen LogP contribution in [0.2, 0.25) is 0 Å². The van der Waals surface area contributed by atoms with Crippen molar-refractivity contribution in [1.29, 1.82) is 0 Å². The van der Waals surface area contributed by atoms with E-state index in [-0.39, 0.29) is 18.0 Å². The lowest BCUT2D eigenvalue weighted by Gasteiger charge is -2.58. The molecule has 3 heterocycles. The summed E-state index contributed by atoms with van der Waals surface area (Å²) in [5.41, 5.74) is 1.20. The van der Waals surface area contributed by atoms with Crippen LogP contribution in [0.3, 0.4) is 0 Å². The van der Waals surface area contributed by atoms with Gasteiger partial charge >= 0.3 is 0 Å². The van der Waals surface area contributed by atoms with Crippen LogP contribution in [0.5, 0.6) is 0 Å². The van der Waals surface area contributed by atoms with Crippen molar-refractivity contribution >= 4 is 17.4 Å². The van der Waals surface area contributed by atoms with Crippen molar-refractivity contribution in [3.63, 3.8) is 0 Å².